The molecule has 3 aromatic rings. The number of hydrogen-bond acceptors (Lipinski definition) is 5. The number of anilines is 1. The zero-order valence-corrected chi connectivity index (χ0v) is 17.9. The molecule has 1 aromatic heterocycles. The van der Waals surface area contributed by atoms with Gasteiger partial charge in [0, 0.05) is 30.7 Å². The zero-order chi connectivity index (χ0) is 20.2. The summed E-state index contributed by atoms with van der Waals surface area (Å²) in [5, 5.41) is 7.58. The van der Waals surface area contributed by atoms with Crippen molar-refractivity contribution in [3.63, 3.8) is 0 Å². The number of halogens is 2. The van der Waals surface area contributed by atoms with Gasteiger partial charge in [0.1, 0.15) is 0 Å². The highest BCUT2D eigenvalue weighted by Gasteiger charge is 2.23. The largest absolute Gasteiger partial charge is 0.334 e. The summed E-state index contributed by atoms with van der Waals surface area (Å²) in [6.45, 7) is 3.29. The Bertz CT molecular complexity index is 1000. The third-order valence-corrected chi connectivity index (χ3v) is 5.73. The molecule has 1 aliphatic heterocycles. The second-order valence-corrected chi connectivity index (χ2v) is 7.93. The van der Waals surface area contributed by atoms with Crippen LogP contribution in [0.2, 0.25) is 5.02 Å². The molecule has 1 saturated heterocycles. The summed E-state index contributed by atoms with van der Waals surface area (Å²) in [6, 6.07) is 14.8. The van der Waals surface area contributed by atoms with E-state index >= 15 is 0 Å². The number of hydrogen-bond donors (Lipinski definition) is 1. The van der Waals surface area contributed by atoms with Crippen LogP contribution >= 0.6 is 27.5 Å². The second kappa shape index (κ2) is 8.94. The number of nitrogens with one attached hydrogen (secondary N) is 1. The molecule has 1 fully saturated rings. The predicted octanol–water partition coefficient (Wildman–Crippen LogP) is 4.50. The van der Waals surface area contributed by atoms with E-state index in [-0.39, 0.29) is 6.03 Å². The Morgan fingerprint density at radius 2 is 1.83 bits per heavy atom. The lowest BCUT2D eigenvalue weighted by Crippen LogP contribution is -2.49. The second-order valence-electron chi connectivity index (χ2n) is 6.67. The first-order chi connectivity index (χ1) is 14.1. The molecule has 1 N–H and O–H groups in total. The van der Waals surface area contributed by atoms with E-state index in [1.807, 2.05) is 42.5 Å². The van der Waals surface area contributed by atoms with E-state index in [0.717, 1.165) is 28.8 Å². The average molecular weight is 477 g/mol. The minimum atomic E-state index is -0.0999. The molecule has 29 heavy (non-hydrogen) atoms. The number of urea groups is 1. The molecule has 1 aliphatic rings. The molecule has 150 valence electrons. The molecule has 0 spiro atoms. The van der Waals surface area contributed by atoms with E-state index < -0.39 is 0 Å². The van der Waals surface area contributed by atoms with Crippen LogP contribution in [0.4, 0.5) is 10.5 Å². The minimum Gasteiger partial charge on any atom is -0.334 e. The molecule has 0 atom stereocenters. The molecule has 9 heteroatoms. The number of aromatic nitrogens is 2. The fourth-order valence-electron chi connectivity index (χ4n) is 3.13. The van der Waals surface area contributed by atoms with Gasteiger partial charge in [-0.15, -0.1) is 0 Å². The van der Waals surface area contributed by atoms with Gasteiger partial charge in [-0.2, -0.15) is 4.98 Å². The summed E-state index contributed by atoms with van der Waals surface area (Å²) in [5.74, 6) is 1.02. The fraction of sp³-hybridized carbons (Fsp3) is 0.250. The number of benzene rings is 2. The lowest BCUT2D eigenvalue weighted by atomic mass is 10.2. The fourth-order valence-corrected chi connectivity index (χ4v) is 3.73. The van der Waals surface area contributed by atoms with Crippen LogP contribution in [0.3, 0.4) is 0 Å². The number of rotatable bonds is 4. The molecule has 4 rings (SSSR count). The van der Waals surface area contributed by atoms with Crippen LogP contribution in [0.1, 0.15) is 5.82 Å². The standard InChI is InChI=1S/C20H19BrClN5O2/c21-15-6-2-4-8-17(15)23-20(28)27-11-9-26(10-12-27)13-18-24-19(29-25-18)14-5-1-3-7-16(14)22/h1-8H,9-13H2,(H,23,28). The zero-order valence-electron chi connectivity index (χ0n) is 15.5. The third kappa shape index (κ3) is 4.77. The van der Waals surface area contributed by atoms with E-state index in [1.54, 1.807) is 11.0 Å². The van der Waals surface area contributed by atoms with Gasteiger partial charge in [0.15, 0.2) is 5.82 Å². The number of carbonyl (C=O) groups excluding carboxylic acids is 1. The number of para-hydroxylation sites is 1. The SMILES string of the molecule is O=C(Nc1ccccc1Br)N1CCN(Cc2noc(-c3ccccc3Cl)n2)CC1. The molecule has 0 radical (unpaired) electrons. The van der Waals surface area contributed by atoms with Crippen molar-refractivity contribution in [2.45, 2.75) is 6.54 Å². The van der Waals surface area contributed by atoms with Crippen LogP contribution in [-0.4, -0.2) is 52.2 Å². The Labute approximate surface area is 181 Å². The molecular weight excluding hydrogens is 458 g/mol. The van der Waals surface area contributed by atoms with Crippen molar-refractivity contribution in [1.29, 1.82) is 0 Å². The lowest BCUT2D eigenvalue weighted by molar-refractivity contribution is 0.140. The van der Waals surface area contributed by atoms with Gasteiger partial charge in [0.2, 0.25) is 0 Å². The third-order valence-electron chi connectivity index (χ3n) is 4.71. The smallest absolute Gasteiger partial charge is 0.321 e. The Balaban J connectivity index is 1.31. The molecule has 2 amide bonds. The van der Waals surface area contributed by atoms with E-state index in [4.69, 9.17) is 16.1 Å². The van der Waals surface area contributed by atoms with E-state index in [2.05, 4.69) is 36.3 Å². The molecule has 2 heterocycles. The van der Waals surface area contributed by atoms with Crippen molar-refractivity contribution in [2.75, 3.05) is 31.5 Å². The van der Waals surface area contributed by atoms with E-state index in [1.165, 1.54) is 0 Å². The van der Waals surface area contributed by atoms with Gasteiger partial charge in [0.25, 0.3) is 5.89 Å². The summed E-state index contributed by atoms with van der Waals surface area (Å²) in [7, 11) is 0. The first-order valence-corrected chi connectivity index (χ1v) is 10.4. The molecule has 0 unspecified atom stereocenters. The normalized spacial score (nSPS) is 14.8. The first kappa shape index (κ1) is 19.9. The summed E-state index contributed by atoms with van der Waals surface area (Å²) < 4.78 is 6.22. The van der Waals surface area contributed by atoms with Crippen LogP contribution in [0, 0.1) is 0 Å². The van der Waals surface area contributed by atoms with Crippen LogP contribution in [0.5, 0.6) is 0 Å². The van der Waals surface area contributed by atoms with Gasteiger partial charge in [-0.05, 0) is 40.2 Å². The molecule has 0 saturated carbocycles. The highest BCUT2D eigenvalue weighted by atomic mass is 79.9. The maximum atomic E-state index is 12.5. The van der Waals surface area contributed by atoms with Gasteiger partial charge < -0.3 is 14.7 Å². The van der Waals surface area contributed by atoms with Crippen LogP contribution in [0.15, 0.2) is 57.5 Å². The highest BCUT2D eigenvalue weighted by Crippen LogP contribution is 2.26. The molecule has 0 bridgehead atoms. The Morgan fingerprint density at radius 3 is 2.59 bits per heavy atom. The van der Waals surface area contributed by atoms with E-state index in [9.17, 15) is 4.79 Å². The first-order valence-electron chi connectivity index (χ1n) is 9.20. The number of carbonyl (C=O) groups is 1. The molecule has 7 nitrogen and oxygen atoms in total. The van der Waals surface area contributed by atoms with Crippen molar-refractivity contribution >= 4 is 39.2 Å². The van der Waals surface area contributed by atoms with Gasteiger partial charge in [-0.25, -0.2) is 4.79 Å². The van der Waals surface area contributed by atoms with Crippen molar-refractivity contribution in [2.24, 2.45) is 0 Å². The van der Waals surface area contributed by atoms with Crippen molar-refractivity contribution in [1.82, 2.24) is 19.9 Å². The van der Waals surface area contributed by atoms with Gasteiger partial charge in [-0.1, -0.05) is 41.0 Å². The van der Waals surface area contributed by atoms with Crippen molar-refractivity contribution in [3.05, 3.63) is 63.9 Å². The van der Waals surface area contributed by atoms with E-state index in [0.29, 0.717) is 36.4 Å². The van der Waals surface area contributed by atoms with Crippen LogP contribution in [0.25, 0.3) is 11.5 Å². The summed E-state index contributed by atoms with van der Waals surface area (Å²) in [6.07, 6.45) is 0. The van der Waals surface area contributed by atoms with Crippen molar-refractivity contribution < 1.29 is 9.32 Å². The quantitative estimate of drug-likeness (QED) is 0.600. The lowest BCUT2D eigenvalue weighted by Gasteiger charge is -2.34. The van der Waals surface area contributed by atoms with Crippen LogP contribution in [-0.2, 0) is 6.54 Å². The van der Waals surface area contributed by atoms with Crippen molar-refractivity contribution in [3.8, 4) is 11.5 Å². The number of amides is 2. The maximum Gasteiger partial charge on any atom is 0.321 e. The molecular formula is C20H19BrClN5O2. The van der Waals surface area contributed by atoms with Crippen LogP contribution < -0.4 is 5.32 Å². The summed E-state index contributed by atoms with van der Waals surface area (Å²) in [4.78, 5) is 21.0. The highest BCUT2D eigenvalue weighted by molar-refractivity contribution is 9.10. The summed E-state index contributed by atoms with van der Waals surface area (Å²) in [5.41, 5.74) is 1.49. The maximum absolute atomic E-state index is 12.5. The van der Waals surface area contributed by atoms with Gasteiger partial charge >= 0.3 is 6.03 Å². The Hall–Kier alpha value is -2.42. The number of piperazine rings is 1. The van der Waals surface area contributed by atoms with Gasteiger partial charge in [0.05, 0.1) is 22.8 Å². The number of nitrogens with zero attached hydrogens (tertiary/aromatic N) is 4. The molecule has 0 aliphatic carbocycles. The topological polar surface area (TPSA) is 74.5 Å². The monoisotopic (exact) mass is 475 g/mol. The average Bonchev–Trinajstić information content (AvgIpc) is 3.19. The Morgan fingerprint density at radius 1 is 1.10 bits per heavy atom. The summed E-state index contributed by atoms with van der Waals surface area (Å²) >= 11 is 9.63. The van der Waals surface area contributed by atoms with Gasteiger partial charge in [-0.3, -0.25) is 4.90 Å². The predicted molar refractivity (Wildman–Crippen MR) is 115 cm³/mol. The Kier molecular flexibility index (Phi) is 6.13. The molecule has 2 aromatic carbocycles. The minimum absolute atomic E-state index is 0.0999.